The Labute approximate surface area is 153 Å². The van der Waals surface area contributed by atoms with Gasteiger partial charge in [0.1, 0.15) is 12.0 Å². The van der Waals surface area contributed by atoms with Crippen LogP contribution in [-0.4, -0.2) is 23.0 Å². The van der Waals surface area contributed by atoms with Gasteiger partial charge in [-0.2, -0.15) is 0 Å². The Morgan fingerprint density at radius 2 is 1.92 bits per heavy atom. The summed E-state index contributed by atoms with van der Waals surface area (Å²) in [7, 11) is 1.66. The Morgan fingerprint density at radius 1 is 1.16 bits per heavy atom. The third-order valence-corrected chi connectivity index (χ3v) is 5.31. The van der Waals surface area contributed by atoms with Crippen molar-refractivity contribution in [2.24, 2.45) is 0 Å². The van der Waals surface area contributed by atoms with Crippen molar-refractivity contribution in [3.8, 4) is 17.2 Å². The Bertz CT molecular complexity index is 805. The number of hydrogen-bond donors (Lipinski definition) is 0. The molecule has 5 heteroatoms. The van der Waals surface area contributed by atoms with Crippen LogP contribution in [0.3, 0.4) is 0 Å². The van der Waals surface area contributed by atoms with Gasteiger partial charge in [-0.25, -0.2) is 4.98 Å². The van der Waals surface area contributed by atoms with Gasteiger partial charge in [0, 0.05) is 29.6 Å². The molecule has 2 aromatic heterocycles. The van der Waals surface area contributed by atoms with Gasteiger partial charge < -0.3 is 9.15 Å². The maximum atomic E-state index is 5.69. The van der Waals surface area contributed by atoms with Crippen LogP contribution >= 0.6 is 11.3 Å². The third kappa shape index (κ3) is 4.30. The second kappa shape index (κ2) is 7.85. The number of methoxy groups -OCH3 is 1. The normalized spacial score (nSPS) is 11.4. The van der Waals surface area contributed by atoms with Crippen LogP contribution in [0.15, 0.2) is 46.4 Å². The summed E-state index contributed by atoms with van der Waals surface area (Å²) in [5.41, 5.74) is 3.26. The number of aryl methyl sites for hydroxylation is 1. The van der Waals surface area contributed by atoms with E-state index in [1.54, 1.807) is 13.4 Å². The van der Waals surface area contributed by atoms with Crippen LogP contribution in [0.4, 0.5) is 0 Å². The molecule has 0 aliphatic heterocycles. The molecule has 0 spiro atoms. The molecular formula is C20H24N2O2S. The van der Waals surface area contributed by atoms with E-state index in [-0.39, 0.29) is 0 Å². The van der Waals surface area contributed by atoms with E-state index in [0.717, 1.165) is 30.1 Å². The second-order valence-electron chi connectivity index (χ2n) is 6.40. The molecule has 2 heterocycles. The van der Waals surface area contributed by atoms with Crippen LogP contribution in [0.2, 0.25) is 0 Å². The smallest absolute Gasteiger partial charge is 0.226 e. The van der Waals surface area contributed by atoms with Gasteiger partial charge in [-0.3, -0.25) is 4.90 Å². The predicted octanol–water partition coefficient (Wildman–Crippen LogP) is 5.13. The van der Waals surface area contributed by atoms with Gasteiger partial charge in [0.15, 0.2) is 0 Å². The quantitative estimate of drug-likeness (QED) is 0.588. The van der Waals surface area contributed by atoms with E-state index >= 15 is 0 Å². The monoisotopic (exact) mass is 356 g/mol. The van der Waals surface area contributed by atoms with Crippen molar-refractivity contribution in [2.75, 3.05) is 7.11 Å². The van der Waals surface area contributed by atoms with Gasteiger partial charge in [0.05, 0.1) is 12.8 Å². The summed E-state index contributed by atoms with van der Waals surface area (Å²) in [5, 5.41) is 2.15. The number of hydrogen-bond acceptors (Lipinski definition) is 5. The molecule has 4 nitrogen and oxygen atoms in total. The summed E-state index contributed by atoms with van der Waals surface area (Å²) >= 11 is 1.81. The Kier molecular flexibility index (Phi) is 5.56. The second-order valence-corrected chi connectivity index (χ2v) is 7.40. The molecule has 0 atom stereocenters. The first kappa shape index (κ1) is 17.7. The molecule has 0 fully saturated rings. The molecule has 3 rings (SSSR count). The molecule has 0 N–H and O–H groups in total. The van der Waals surface area contributed by atoms with Crippen molar-refractivity contribution in [1.29, 1.82) is 0 Å². The summed E-state index contributed by atoms with van der Waals surface area (Å²) in [6, 6.07) is 10.4. The number of ether oxygens (including phenoxy) is 1. The van der Waals surface area contributed by atoms with E-state index in [4.69, 9.17) is 9.15 Å². The van der Waals surface area contributed by atoms with Crippen LogP contribution in [-0.2, 0) is 13.1 Å². The first-order valence-electron chi connectivity index (χ1n) is 8.42. The van der Waals surface area contributed by atoms with E-state index in [1.807, 2.05) is 35.6 Å². The Balaban J connectivity index is 1.72. The summed E-state index contributed by atoms with van der Waals surface area (Å²) in [5.74, 6) is 1.47. The van der Waals surface area contributed by atoms with E-state index in [9.17, 15) is 0 Å². The van der Waals surface area contributed by atoms with Gasteiger partial charge in [0.2, 0.25) is 5.89 Å². The lowest BCUT2D eigenvalue weighted by atomic mass is 10.2. The van der Waals surface area contributed by atoms with Crippen molar-refractivity contribution in [3.63, 3.8) is 0 Å². The average Bonchev–Trinajstić information content (AvgIpc) is 3.24. The van der Waals surface area contributed by atoms with Crippen molar-refractivity contribution >= 4 is 11.3 Å². The van der Waals surface area contributed by atoms with Crippen molar-refractivity contribution in [3.05, 3.63) is 58.1 Å². The minimum atomic E-state index is 0.433. The fourth-order valence-electron chi connectivity index (χ4n) is 2.63. The highest BCUT2D eigenvalue weighted by molar-refractivity contribution is 7.10. The van der Waals surface area contributed by atoms with Crippen molar-refractivity contribution in [1.82, 2.24) is 9.88 Å². The van der Waals surface area contributed by atoms with Crippen molar-refractivity contribution in [2.45, 2.75) is 39.9 Å². The zero-order valence-corrected chi connectivity index (χ0v) is 16.0. The van der Waals surface area contributed by atoms with Crippen LogP contribution in [0.5, 0.6) is 5.75 Å². The zero-order chi connectivity index (χ0) is 17.8. The van der Waals surface area contributed by atoms with Crippen molar-refractivity contribution < 1.29 is 9.15 Å². The zero-order valence-electron chi connectivity index (χ0n) is 15.2. The van der Waals surface area contributed by atoms with Gasteiger partial charge >= 0.3 is 0 Å². The first-order valence-corrected chi connectivity index (χ1v) is 9.30. The minimum Gasteiger partial charge on any atom is -0.497 e. The average molecular weight is 356 g/mol. The molecule has 0 radical (unpaired) electrons. The van der Waals surface area contributed by atoms with E-state index in [0.29, 0.717) is 11.9 Å². The number of oxazole rings is 1. The number of thiophene rings is 1. The van der Waals surface area contributed by atoms with Crippen LogP contribution in [0.1, 0.15) is 30.0 Å². The summed E-state index contributed by atoms with van der Waals surface area (Å²) in [4.78, 5) is 8.49. The van der Waals surface area contributed by atoms with Gasteiger partial charge in [-0.1, -0.05) is 0 Å². The maximum Gasteiger partial charge on any atom is 0.226 e. The summed E-state index contributed by atoms with van der Waals surface area (Å²) < 4.78 is 10.9. The highest BCUT2D eigenvalue weighted by Crippen LogP contribution is 2.24. The Morgan fingerprint density at radius 3 is 2.52 bits per heavy atom. The molecule has 1 aromatic carbocycles. The lowest BCUT2D eigenvalue weighted by molar-refractivity contribution is 0.202. The number of nitrogens with zero attached hydrogens (tertiary/aromatic N) is 2. The predicted molar refractivity (Wildman–Crippen MR) is 102 cm³/mol. The van der Waals surface area contributed by atoms with Crippen LogP contribution in [0.25, 0.3) is 11.5 Å². The molecule has 0 saturated carbocycles. The highest BCUT2D eigenvalue weighted by atomic mass is 32.1. The largest absolute Gasteiger partial charge is 0.497 e. The highest BCUT2D eigenvalue weighted by Gasteiger charge is 2.16. The lowest BCUT2D eigenvalue weighted by Gasteiger charge is -2.25. The molecule has 0 unspecified atom stereocenters. The minimum absolute atomic E-state index is 0.433. The molecule has 132 valence electrons. The molecule has 0 bridgehead atoms. The molecule has 3 aromatic rings. The van der Waals surface area contributed by atoms with Gasteiger partial charge in [-0.15, -0.1) is 11.3 Å². The molecule has 0 aliphatic carbocycles. The standard InChI is InChI=1S/C20H24N2O2S/c1-14(2)22(12-19-15(3)9-10-25-19)11-17-13-24-20(21-17)16-5-7-18(23-4)8-6-16/h5-10,13-14H,11-12H2,1-4H3. The SMILES string of the molecule is COc1ccc(-c2nc(CN(Cc3sccc3C)C(C)C)co2)cc1. The molecule has 25 heavy (non-hydrogen) atoms. The number of rotatable bonds is 7. The topological polar surface area (TPSA) is 38.5 Å². The molecular weight excluding hydrogens is 332 g/mol. The fourth-order valence-corrected chi connectivity index (χ4v) is 3.56. The molecule has 0 amide bonds. The lowest BCUT2D eigenvalue weighted by Crippen LogP contribution is -2.29. The van der Waals surface area contributed by atoms with Gasteiger partial charge in [0.25, 0.3) is 0 Å². The fraction of sp³-hybridized carbons (Fsp3) is 0.350. The van der Waals surface area contributed by atoms with Gasteiger partial charge in [-0.05, 0) is 62.0 Å². The van der Waals surface area contributed by atoms with E-state index < -0.39 is 0 Å². The van der Waals surface area contributed by atoms with E-state index in [2.05, 4.69) is 42.1 Å². The number of benzene rings is 1. The summed E-state index contributed by atoms with van der Waals surface area (Å²) in [6.07, 6.45) is 1.76. The summed E-state index contributed by atoms with van der Waals surface area (Å²) in [6.45, 7) is 8.31. The molecule has 0 aliphatic rings. The number of aromatic nitrogens is 1. The van der Waals surface area contributed by atoms with Crippen LogP contribution < -0.4 is 4.74 Å². The Hall–Kier alpha value is -2.11. The van der Waals surface area contributed by atoms with Crippen LogP contribution in [0, 0.1) is 6.92 Å². The first-order chi connectivity index (χ1) is 12.1. The maximum absolute atomic E-state index is 5.69. The third-order valence-electron chi connectivity index (χ3n) is 4.30. The molecule has 0 saturated heterocycles. The van der Waals surface area contributed by atoms with E-state index in [1.165, 1.54) is 10.4 Å².